The van der Waals surface area contributed by atoms with E-state index in [4.69, 9.17) is 11.6 Å². The first-order chi connectivity index (χ1) is 9.74. The van der Waals surface area contributed by atoms with Crippen LogP contribution in [-0.4, -0.2) is 6.54 Å². The molecule has 2 heteroatoms. The molecule has 1 nitrogen and oxygen atoms in total. The van der Waals surface area contributed by atoms with E-state index in [9.17, 15) is 0 Å². The van der Waals surface area contributed by atoms with Crippen LogP contribution in [0.5, 0.6) is 0 Å². The summed E-state index contributed by atoms with van der Waals surface area (Å²) in [6, 6.07) is 14.9. The molecule has 20 heavy (non-hydrogen) atoms. The molecule has 106 valence electrons. The molecule has 0 fully saturated rings. The van der Waals surface area contributed by atoms with Crippen LogP contribution in [0.15, 0.2) is 42.5 Å². The van der Waals surface area contributed by atoms with Gasteiger partial charge in [0.05, 0.1) is 0 Å². The van der Waals surface area contributed by atoms with Crippen molar-refractivity contribution in [2.45, 2.75) is 33.2 Å². The average Bonchev–Trinajstić information content (AvgIpc) is 2.48. The maximum absolute atomic E-state index is 6.44. The number of rotatable bonds is 6. The zero-order chi connectivity index (χ0) is 14.4. The molecule has 0 heterocycles. The van der Waals surface area contributed by atoms with Crippen molar-refractivity contribution in [3.8, 4) is 11.1 Å². The number of benzene rings is 2. The van der Waals surface area contributed by atoms with E-state index in [1.807, 2.05) is 0 Å². The number of nitrogens with one attached hydrogen (secondary N) is 1. The van der Waals surface area contributed by atoms with Crippen molar-refractivity contribution in [3.63, 3.8) is 0 Å². The van der Waals surface area contributed by atoms with Gasteiger partial charge in [0.25, 0.3) is 0 Å². The van der Waals surface area contributed by atoms with Crippen LogP contribution in [0.2, 0.25) is 5.02 Å². The van der Waals surface area contributed by atoms with Crippen LogP contribution in [0.1, 0.15) is 31.4 Å². The van der Waals surface area contributed by atoms with E-state index in [1.165, 1.54) is 16.7 Å². The minimum absolute atomic E-state index is 0.828. The second-order valence-electron chi connectivity index (χ2n) is 5.04. The van der Waals surface area contributed by atoms with Crippen LogP contribution in [-0.2, 0) is 13.0 Å². The highest BCUT2D eigenvalue weighted by Crippen LogP contribution is 2.29. The first-order valence-corrected chi connectivity index (χ1v) is 7.70. The van der Waals surface area contributed by atoms with Crippen LogP contribution in [0.4, 0.5) is 0 Å². The van der Waals surface area contributed by atoms with Gasteiger partial charge >= 0.3 is 0 Å². The van der Waals surface area contributed by atoms with Crippen LogP contribution < -0.4 is 5.32 Å². The molecule has 0 bridgehead atoms. The summed E-state index contributed by atoms with van der Waals surface area (Å²) in [7, 11) is 0. The molecule has 0 saturated carbocycles. The van der Waals surface area contributed by atoms with Gasteiger partial charge in [-0.05, 0) is 42.1 Å². The fourth-order valence-electron chi connectivity index (χ4n) is 2.27. The van der Waals surface area contributed by atoms with Crippen LogP contribution in [0, 0.1) is 0 Å². The summed E-state index contributed by atoms with van der Waals surface area (Å²) in [6.45, 7) is 6.26. The standard InChI is InChI=1S/C18H22ClN/c1-3-10-20-13-15-8-9-17(18(19)12-15)16-7-5-6-14(4-2)11-16/h5-9,11-12,20H,3-4,10,13H2,1-2H3. The van der Waals surface area contributed by atoms with Gasteiger partial charge in [-0.3, -0.25) is 0 Å². The molecule has 1 N–H and O–H groups in total. The Kier molecular flexibility index (Phi) is 5.63. The van der Waals surface area contributed by atoms with Crippen molar-refractivity contribution in [2.24, 2.45) is 0 Å². The van der Waals surface area contributed by atoms with Crippen molar-refractivity contribution in [2.75, 3.05) is 6.54 Å². The van der Waals surface area contributed by atoms with Gasteiger partial charge in [-0.1, -0.05) is 61.8 Å². The van der Waals surface area contributed by atoms with Crippen LogP contribution >= 0.6 is 11.6 Å². The topological polar surface area (TPSA) is 12.0 Å². The van der Waals surface area contributed by atoms with Crippen LogP contribution in [0.25, 0.3) is 11.1 Å². The molecule has 0 radical (unpaired) electrons. The van der Waals surface area contributed by atoms with Gasteiger partial charge < -0.3 is 5.32 Å². The van der Waals surface area contributed by atoms with Crippen molar-refractivity contribution >= 4 is 11.6 Å². The fourth-order valence-corrected chi connectivity index (χ4v) is 2.58. The van der Waals surface area contributed by atoms with E-state index < -0.39 is 0 Å². The molecule has 0 unspecified atom stereocenters. The highest BCUT2D eigenvalue weighted by atomic mass is 35.5. The van der Waals surface area contributed by atoms with Gasteiger partial charge in [0.2, 0.25) is 0 Å². The first-order valence-electron chi connectivity index (χ1n) is 7.33. The van der Waals surface area contributed by atoms with E-state index >= 15 is 0 Å². The normalized spacial score (nSPS) is 10.8. The molecule has 0 amide bonds. The summed E-state index contributed by atoms with van der Waals surface area (Å²) in [6.07, 6.45) is 2.19. The largest absolute Gasteiger partial charge is 0.313 e. The second kappa shape index (κ2) is 7.47. The molecule has 0 aromatic heterocycles. The van der Waals surface area contributed by atoms with Crippen molar-refractivity contribution in [3.05, 3.63) is 58.6 Å². The van der Waals surface area contributed by atoms with E-state index in [0.717, 1.165) is 36.5 Å². The molecule has 0 saturated heterocycles. The maximum atomic E-state index is 6.44. The van der Waals surface area contributed by atoms with Gasteiger partial charge in [0.1, 0.15) is 0 Å². The lowest BCUT2D eigenvalue weighted by Crippen LogP contribution is -2.13. The monoisotopic (exact) mass is 287 g/mol. The predicted molar refractivity (Wildman–Crippen MR) is 88.3 cm³/mol. The lowest BCUT2D eigenvalue weighted by molar-refractivity contribution is 0.675. The Morgan fingerprint density at radius 1 is 1.00 bits per heavy atom. The molecule has 0 aliphatic rings. The Morgan fingerprint density at radius 3 is 2.55 bits per heavy atom. The minimum atomic E-state index is 0.828. The molecule has 2 rings (SSSR count). The summed E-state index contributed by atoms with van der Waals surface area (Å²) in [5.41, 5.74) is 4.88. The summed E-state index contributed by atoms with van der Waals surface area (Å²) in [5.74, 6) is 0. The summed E-state index contributed by atoms with van der Waals surface area (Å²) >= 11 is 6.44. The summed E-state index contributed by atoms with van der Waals surface area (Å²) in [4.78, 5) is 0. The Hall–Kier alpha value is -1.31. The van der Waals surface area contributed by atoms with E-state index in [2.05, 4.69) is 61.6 Å². The van der Waals surface area contributed by atoms with Gasteiger partial charge in [-0.15, -0.1) is 0 Å². The summed E-state index contributed by atoms with van der Waals surface area (Å²) in [5, 5.41) is 4.23. The van der Waals surface area contributed by atoms with E-state index in [1.54, 1.807) is 0 Å². The molecule has 0 aliphatic heterocycles. The number of aryl methyl sites for hydroxylation is 1. The van der Waals surface area contributed by atoms with Crippen molar-refractivity contribution < 1.29 is 0 Å². The number of hydrogen-bond acceptors (Lipinski definition) is 1. The van der Waals surface area contributed by atoms with Gasteiger partial charge in [-0.2, -0.15) is 0 Å². The number of halogens is 1. The molecule has 0 atom stereocenters. The maximum Gasteiger partial charge on any atom is 0.0487 e. The quantitative estimate of drug-likeness (QED) is 0.732. The highest BCUT2D eigenvalue weighted by Gasteiger charge is 2.05. The SMILES string of the molecule is CCCNCc1ccc(-c2cccc(CC)c2)c(Cl)c1. The third kappa shape index (κ3) is 3.84. The van der Waals surface area contributed by atoms with Crippen molar-refractivity contribution in [1.82, 2.24) is 5.32 Å². The molecule has 0 spiro atoms. The zero-order valence-electron chi connectivity index (χ0n) is 12.2. The lowest BCUT2D eigenvalue weighted by atomic mass is 10.0. The number of hydrogen-bond donors (Lipinski definition) is 1. The van der Waals surface area contributed by atoms with Gasteiger partial charge in [0.15, 0.2) is 0 Å². The second-order valence-corrected chi connectivity index (χ2v) is 5.45. The third-order valence-electron chi connectivity index (χ3n) is 3.44. The lowest BCUT2D eigenvalue weighted by Gasteiger charge is -2.09. The van der Waals surface area contributed by atoms with Crippen molar-refractivity contribution in [1.29, 1.82) is 0 Å². The fraction of sp³-hybridized carbons (Fsp3) is 0.333. The Morgan fingerprint density at radius 2 is 1.85 bits per heavy atom. The predicted octanol–water partition coefficient (Wildman–Crippen LogP) is 5.07. The molecular weight excluding hydrogens is 266 g/mol. The first kappa shape index (κ1) is 15.1. The Labute approximate surface area is 127 Å². The van der Waals surface area contributed by atoms with Crippen LogP contribution in [0.3, 0.4) is 0 Å². The molecular formula is C18H22ClN. The minimum Gasteiger partial charge on any atom is -0.313 e. The smallest absolute Gasteiger partial charge is 0.0487 e. The summed E-state index contributed by atoms with van der Waals surface area (Å²) < 4.78 is 0. The van der Waals surface area contributed by atoms with Gasteiger partial charge in [0, 0.05) is 17.1 Å². The molecule has 2 aromatic rings. The Balaban J connectivity index is 2.20. The Bertz CT molecular complexity index is 563. The third-order valence-corrected chi connectivity index (χ3v) is 3.75. The van der Waals surface area contributed by atoms with Gasteiger partial charge in [-0.25, -0.2) is 0 Å². The zero-order valence-corrected chi connectivity index (χ0v) is 13.0. The molecule has 2 aromatic carbocycles. The molecule has 0 aliphatic carbocycles. The highest BCUT2D eigenvalue weighted by molar-refractivity contribution is 6.33. The van der Waals surface area contributed by atoms with E-state index in [0.29, 0.717) is 0 Å². The average molecular weight is 288 g/mol. The van der Waals surface area contributed by atoms with E-state index in [-0.39, 0.29) is 0 Å².